The summed E-state index contributed by atoms with van der Waals surface area (Å²) in [5.74, 6) is 1.95. The van der Waals surface area contributed by atoms with Gasteiger partial charge in [0.25, 0.3) is 0 Å². The zero-order valence-electron chi connectivity index (χ0n) is 11.2. The van der Waals surface area contributed by atoms with Crippen LogP contribution in [-0.4, -0.2) is 36.6 Å². The van der Waals surface area contributed by atoms with E-state index < -0.39 is 0 Å². The third-order valence-corrected chi connectivity index (χ3v) is 4.29. The van der Waals surface area contributed by atoms with E-state index in [-0.39, 0.29) is 0 Å². The van der Waals surface area contributed by atoms with Crippen molar-refractivity contribution in [2.45, 2.75) is 58.5 Å². The minimum absolute atomic E-state index is 0.732. The average molecular weight is 224 g/mol. The highest BCUT2D eigenvalue weighted by molar-refractivity contribution is 4.93. The summed E-state index contributed by atoms with van der Waals surface area (Å²) < 4.78 is 0. The molecule has 0 amide bonds. The summed E-state index contributed by atoms with van der Waals surface area (Å²) in [4.78, 5) is 2.78. The molecule has 2 saturated carbocycles. The Labute approximate surface area is 101 Å². The van der Waals surface area contributed by atoms with Crippen LogP contribution in [0.3, 0.4) is 0 Å². The van der Waals surface area contributed by atoms with Gasteiger partial charge in [0, 0.05) is 18.6 Å². The molecular formula is C14H28N2. The normalized spacial score (nSPS) is 29.8. The van der Waals surface area contributed by atoms with Crippen molar-refractivity contribution >= 4 is 0 Å². The van der Waals surface area contributed by atoms with Gasteiger partial charge in [-0.05, 0) is 64.5 Å². The van der Waals surface area contributed by atoms with Gasteiger partial charge in [-0.2, -0.15) is 0 Å². The molecule has 2 heteroatoms. The van der Waals surface area contributed by atoms with Crippen LogP contribution >= 0.6 is 0 Å². The average Bonchev–Trinajstić information content (AvgIpc) is 2.99. The van der Waals surface area contributed by atoms with Gasteiger partial charge >= 0.3 is 0 Å². The summed E-state index contributed by atoms with van der Waals surface area (Å²) in [6.07, 6.45) is 5.83. The maximum Gasteiger partial charge on any atom is 0.0139 e. The Morgan fingerprint density at radius 2 is 1.94 bits per heavy atom. The van der Waals surface area contributed by atoms with Crippen LogP contribution in [0.15, 0.2) is 0 Å². The van der Waals surface area contributed by atoms with E-state index in [1.807, 2.05) is 0 Å². The molecule has 0 aromatic carbocycles. The van der Waals surface area contributed by atoms with Gasteiger partial charge in [-0.1, -0.05) is 6.92 Å². The molecule has 0 spiro atoms. The third kappa shape index (κ3) is 2.98. The van der Waals surface area contributed by atoms with E-state index in [9.17, 15) is 0 Å². The van der Waals surface area contributed by atoms with E-state index in [1.54, 1.807) is 0 Å². The number of nitrogens with zero attached hydrogens (tertiary/aromatic N) is 1. The molecule has 2 nitrogen and oxygen atoms in total. The predicted molar refractivity (Wildman–Crippen MR) is 69.6 cm³/mol. The minimum Gasteiger partial charge on any atom is -0.317 e. The SMILES string of the molecule is CCNCC1CCC1N(CC1CC1)C(C)C. The van der Waals surface area contributed by atoms with Crippen LogP contribution in [0.4, 0.5) is 0 Å². The maximum absolute atomic E-state index is 3.52. The molecule has 0 radical (unpaired) electrons. The van der Waals surface area contributed by atoms with Crippen LogP contribution in [-0.2, 0) is 0 Å². The molecule has 0 aliphatic heterocycles. The molecule has 0 bridgehead atoms. The molecule has 0 aromatic rings. The summed E-state index contributed by atoms with van der Waals surface area (Å²) in [6.45, 7) is 10.7. The monoisotopic (exact) mass is 224 g/mol. The first kappa shape index (κ1) is 12.4. The van der Waals surface area contributed by atoms with E-state index in [0.717, 1.165) is 30.5 Å². The van der Waals surface area contributed by atoms with Crippen LogP contribution in [0.5, 0.6) is 0 Å². The Bertz CT molecular complexity index is 211. The molecule has 2 aliphatic rings. The van der Waals surface area contributed by atoms with Crippen LogP contribution in [0.2, 0.25) is 0 Å². The van der Waals surface area contributed by atoms with E-state index in [4.69, 9.17) is 0 Å². The number of hydrogen-bond donors (Lipinski definition) is 1. The van der Waals surface area contributed by atoms with Crippen LogP contribution in [0.1, 0.15) is 46.5 Å². The van der Waals surface area contributed by atoms with Gasteiger partial charge in [-0.3, -0.25) is 4.90 Å². The molecule has 2 aliphatic carbocycles. The van der Waals surface area contributed by atoms with E-state index >= 15 is 0 Å². The molecular weight excluding hydrogens is 196 g/mol. The molecule has 0 aromatic heterocycles. The predicted octanol–water partition coefficient (Wildman–Crippen LogP) is 2.49. The summed E-state index contributed by atoms with van der Waals surface area (Å²) in [6, 6.07) is 1.61. The highest BCUT2D eigenvalue weighted by Gasteiger charge is 2.38. The molecule has 2 rings (SSSR count). The lowest BCUT2D eigenvalue weighted by atomic mass is 9.77. The lowest BCUT2D eigenvalue weighted by molar-refractivity contribution is 0.0343. The van der Waals surface area contributed by atoms with E-state index in [0.29, 0.717) is 0 Å². The quantitative estimate of drug-likeness (QED) is 0.715. The summed E-state index contributed by atoms with van der Waals surface area (Å²) in [5.41, 5.74) is 0. The standard InChI is InChI=1S/C14H28N2/c1-4-15-9-13-7-8-14(13)16(11(2)3)10-12-5-6-12/h11-15H,4-10H2,1-3H3. The lowest BCUT2D eigenvalue weighted by Crippen LogP contribution is -2.53. The van der Waals surface area contributed by atoms with Gasteiger partial charge in [0.05, 0.1) is 0 Å². The molecule has 16 heavy (non-hydrogen) atoms. The Hall–Kier alpha value is -0.0800. The summed E-state index contributed by atoms with van der Waals surface area (Å²) in [5, 5.41) is 3.52. The summed E-state index contributed by atoms with van der Waals surface area (Å²) in [7, 11) is 0. The van der Waals surface area contributed by atoms with Crippen molar-refractivity contribution in [2.24, 2.45) is 11.8 Å². The number of hydrogen-bond acceptors (Lipinski definition) is 2. The lowest BCUT2D eigenvalue weighted by Gasteiger charge is -2.46. The van der Waals surface area contributed by atoms with Gasteiger partial charge < -0.3 is 5.32 Å². The minimum atomic E-state index is 0.732. The van der Waals surface area contributed by atoms with Crippen molar-refractivity contribution in [3.05, 3.63) is 0 Å². The molecule has 2 fully saturated rings. The fourth-order valence-electron chi connectivity index (χ4n) is 2.88. The first-order valence-corrected chi connectivity index (χ1v) is 7.18. The molecule has 0 heterocycles. The fourth-order valence-corrected chi connectivity index (χ4v) is 2.88. The van der Waals surface area contributed by atoms with Crippen LogP contribution in [0.25, 0.3) is 0 Å². The van der Waals surface area contributed by atoms with E-state index in [2.05, 4.69) is 31.0 Å². The second-order valence-corrected chi connectivity index (χ2v) is 5.95. The van der Waals surface area contributed by atoms with Crippen molar-refractivity contribution in [1.29, 1.82) is 0 Å². The topological polar surface area (TPSA) is 15.3 Å². The van der Waals surface area contributed by atoms with Crippen LogP contribution in [0, 0.1) is 11.8 Å². The Morgan fingerprint density at radius 3 is 2.38 bits per heavy atom. The number of nitrogens with one attached hydrogen (secondary N) is 1. The van der Waals surface area contributed by atoms with E-state index in [1.165, 1.54) is 38.8 Å². The van der Waals surface area contributed by atoms with Gasteiger partial charge in [-0.15, -0.1) is 0 Å². The second kappa shape index (κ2) is 5.50. The smallest absolute Gasteiger partial charge is 0.0139 e. The van der Waals surface area contributed by atoms with Gasteiger partial charge in [0.15, 0.2) is 0 Å². The van der Waals surface area contributed by atoms with Gasteiger partial charge in [0.1, 0.15) is 0 Å². The molecule has 0 saturated heterocycles. The largest absolute Gasteiger partial charge is 0.317 e. The summed E-state index contributed by atoms with van der Waals surface area (Å²) >= 11 is 0. The van der Waals surface area contributed by atoms with Gasteiger partial charge in [0.2, 0.25) is 0 Å². The zero-order chi connectivity index (χ0) is 11.5. The highest BCUT2D eigenvalue weighted by Crippen LogP contribution is 2.37. The van der Waals surface area contributed by atoms with Gasteiger partial charge in [-0.25, -0.2) is 0 Å². The molecule has 2 atom stereocenters. The molecule has 2 unspecified atom stereocenters. The maximum atomic E-state index is 3.52. The van der Waals surface area contributed by atoms with Crippen molar-refractivity contribution < 1.29 is 0 Å². The highest BCUT2D eigenvalue weighted by atomic mass is 15.2. The Balaban J connectivity index is 1.81. The first-order valence-electron chi connectivity index (χ1n) is 7.18. The number of rotatable bonds is 7. The Kier molecular flexibility index (Phi) is 4.26. The Morgan fingerprint density at radius 1 is 1.19 bits per heavy atom. The molecule has 94 valence electrons. The third-order valence-electron chi connectivity index (χ3n) is 4.29. The second-order valence-electron chi connectivity index (χ2n) is 5.95. The molecule has 1 N–H and O–H groups in total. The van der Waals surface area contributed by atoms with Crippen LogP contribution < -0.4 is 5.32 Å². The zero-order valence-corrected chi connectivity index (χ0v) is 11.2. The first-order chi connectivity index (χ1) is 7.72. The van der Waals surface area contributed by atoms with Crippen molar-refractivity contribution in [1.82, 2.24) is 10.2 Å². The van der Waals surface area contributed by atoms with Crippen molar-refractivity contribution in [3.63, 3.8) is 0 Å². The van der Waals surface area contributed by atoms with Crippen molar-refractivity contribution in [2.75, 3.05) is 19.6 Å². The van der Waals surface area contributed by atoms with Crippen molar-refractivity contribution in [3.8, 4) is 0 Å². The fraction of sp³-hybridized carbons (Fsp3) is 1.00.